The largest absolute Gasteiger partial charge is 0.185 e. The van der Waals surface area contributed by atoms with Gasteiger partial charge in [-0.3, -0.25) is 0 Å². The van der Waals surface area contributed by atoms with Crippen LogP contribution in [-0.4, -0.2) is 5.75 Å². The molecule has 0 unspecified atom stereocenters. The van der Waals surface area contributed by atoms with E-state index >= 15 is 0 Å². The summed E-state index contributed by atoms with van der Waals surface area (Å²) in [5.41, 5.74) is 2.75. The van der Waals surface area contributed by atoms with Gasteiger partial charge >= 0.3 is 0 Å². The van der Waals surface area contributed by atoms with Crippen molar-refractivity contribution in [2.24, 2.45) is 0 Å². The molecule has 1 nitrogen and oxygen atoms in total. The molecule has 13 heavy (non-hydrogen) atoms. The maximum Gasteiger partial charge on any atom is 0.133 e. The van der Waals surface area contributed by atoms with Gasteiger partial charge in [0.05, 0.1) is 0 Å². The van der Waals surface area contributed by atoms with Crippen LogP contribution < -0.4 is 0 Å². The fourth-order valence-corrected chi connectivity index (χ4v) is 1.35. The van der Waals surface area contributed by atoms with Crippen LogP contribution in [0.5, 0.6) is 0 Å². The van der Waals surface area contributed by atoms with E-state index < -0.39 is 0 Å². The highest BCUT2D eigenvalue weighted by atomic mass is 32.2. The molecular formula is C11H17NS. The van der Waals surface area contributed by atoms with Crippen LogP contribution >= 0.6 is 11.8 Å². The van der Waals surface area contributed by atoms with Gasteiger partial charge in [0, 0.05) is 5.75 Å². The van der Waals surface area contributed by atoms with Crippen molar-refractivity contribution in [2.45, 2.75) is 33.6 Å². The average molecular weight is 195 g/mol. The van der Waals surface area contributed by atoms with Crippen molar-refractivity contribution >= 4 is 11.8 Å². The van der Waals surface area contributed by atoms with Crippen molar-refractivity contribution in [3.8, 4) is 5.40 Å². The lowest BCUT2D eigenvalue weighted by Gasteiger charge is -1.97. The summed E-state index contributed by atoms with van der Waals surface area (Å²) in [5, 5.41) is 10.4. The van der Waals surface area contributed by atoms with E-state index in [1.807, 2.05) is 0 Å². The lowest BCUT2D eigenvalue weighted by Crippen LogP contribution is -1.78. The first kappa shape index (κ1) is 12.3. The van der Waals surface area contributed by atoms with Crippen LogP contribution in [0.4, 0.5) is 0 Å². The van der Waals surface area contributed by atoms with Crippen molar-refractivity contribution in [2.75, 3.05) is 5.75 Å². The Morgan fingerprint density at radius 2 is 2.00 bits per heavy atom. The van der Waals surface area contributed by atoms with Crippen molar-refractivity contribution in [1.82, 2.24) is 0 Å². The molecule has 0 aromatic carbocycles. The zero-order chi connectivity index (χ0) is 10.1. The third-order valence-corrected chi connectivity index (χ3v) is 2.13. The molecule has 0 saturated carbocycles. The smallest absolute Gasteiger partial charge is 0.133 e. The SMILES string of the molecule is CC(C)=CCCC(C)=CCSC#N. The van der Waals surface area contributed by atoms with E-state index in [1.165, 1.54) is 22.9 Å². The Morgan fingerprint density at radius 1 is 1.31 bits per heavy atom. The van der Waals surface area contributed by atoms with Gasteiger partial charge in [-0.2, -0.15) is 5.26 Å². The minimum absolute atomic E-state index is 0.817. The zero-order valence-electron chi connectivity index (χ0n) is 8.63. The fourth-order valence-electron chi connectivity index (χ4n) is 0.912. The second-order valence-electron chi connectivity index (χ2n) is 3.27. The highest BCUT2D eigenvalue weighted by Gasteiger charge is 1.88. The number of allylic oxidation sites excluding steroid dienone is 3. The Hall–Kier alpha value is -0.680. The van der Waals surface area contributed by atoms with Crippen LogP contribution in [0.2, 0.25) is 0 Å². The van der Waals surface area contributed by atoms with Gasteiger partial charge in [0.2, 0.25) is 0 Å². The molecule has 72 valence electrons. The molecule has 0 radical (unpaired) electrons. The predicted octanol–water partition coefficient (Wildman–Crippen LogP) is 3.89. The van der Waals surface area contributed by atoms with E-state index in [-0.39, 0.29) is 0 Å². The summed E-state index contributed by atoms with van der Waals surface area (Å²) in [6, 6.07) is 0. The Labute approximate surface area is 85.5 Å². The summed E-state index contributed by atoms with van der Waals surface area (Å²) in [4.78, 5) is 0. The molecule has 0 amide bonds. The maximum atomic E-state index is 8.30. The number of hydrogen-bond donors (Lipinski definition) is 0. The molecule has 0 aliphatic heterocycles. The van der Waals surface area contributed by atoms with Crippen LogP contribution in [0.25, 0.3) is 0 Å². The molecule has 0 spiro atoms. The zero-order valence-corrected chi connectivity index (χ0v) is 9.45. The minimum atomic E-state index is 0.817. The number of hydrogen-bond acceptors (Lipinski definition) is 2. The minimum Gasteiger partial charge on any atom is -0.185 e. The van der Waals surface area contributed by atoms with Crippen LogP contribution in [0.1, 0.15) is 33.6 Å². The van der Waals surface area contributed by atoms with Crippen molar-refractivity contribution in [3.05, 3.63) is 23.3 Å². The Bertz CT molecular complexity index is 229. The van der Waals surface area contributed by atoms with Crippen LogP contribution in [0, 0.1) is 10.7 Å². The molecule has 0 aromatic rings. The van der Waals surface area contributed by atoms with Crippen molar-refractivity contribution < 1.29 is 0 Å². The van der Waals surface area contributed by atoms with Gasteiger partial charge in [-0.15, -0.1) is 0 Å². The molecule has 0 rings (SSSR count). The predicted molar refractivity (Wildman–Crippen MR) is 60.5 cm³/mol. The highest BCUT2D eigenvalue weighted by Crippen LogP contribution is 2.08. The average Bonchev–Trinajstić information content (AvgIpc) is 2.04. The third-order valence-electron chi connectivity index (χ3n) is 1.67. The van der Waals surface area contributed by atoms with E-state index in [0.29, 0.717) is 0 Å². The Kier molecular flexibility index (Phi) is 7.53. The van der Waals surface area contributed by atoms with E-state index in [1.54, 1.807) is 0 Å². The van der Waals surface area contributed by atoms with Crippen molar-refractivity contribution in [3.63, 3.8) is 0 Å². The van der Waals surface area contributed by atoms with Gasteiger partial charge in [0.25, 0.3) is 0 Å². The van der Waals surface area contributed by atoms with Gasteiger partial charge in [-0.1, -0.05) is 23.3 Å². The number of rotatable bonds is 5. The highest BCUT2D eigenvalue weighted by molar-refractivity contribution is 8.03. The molecule has 0 fully saturated rings. The van der Waals surface area contributed by atoms with Gasteiger partial charge in [-0.25, -0.2) is 0 Å². The summed E-state index contributed by atoms with van der Waals surface area (Å²) in [6.45, 7) is 6.35. The Balaban J connectivity index is 3.62. The van der Waals surface area contributed by atoms with Gasteiger partial charge in [-0.05, 0) is 45.4 Å². The second kappa shape index (κ2) is 7.94. The van der Waals surface area contributed by atoms with Crippen LogP contribution in [0.3, 0.4) is 0 Å². The topological polar surface area (TPSA) is 23.8 Å². The summed E-state index contributed by atoms with van der Waals surface area (Å²) in [7, 11) is 0. The first-order chi connectivity index (χ1) is 6.16. The molecule has 0 N–H and O–H groups in total. The fraction of sp³-hybridized carbons (Fsp3) is 0.545. The summed E-state index contributed by atoms with van der Waals surface area (Å²) < 4.78 is 0. The van der Waals surface area contributed by atoms with Gasteiger partial charge < -0.3 is 0 Å². The van der Waals surface area contributed by atoms with Gasteiger partial charge in [0.1, 0.15) is 5.40 Å². The molecule has 2 heteroatoms. The molecule has 0 aliphatic rings. The lowest BCUT2D eigenvalue weighted by atomic mass is 10.1. The molecule has 0 aliphatic carbocycles. The lowest BCUT2D eigenvalue weighted by molar-refractivity contribution is 0.964. The van der Waals surface area contributed by atoms with E-state index in [0.717, 1.165) is 18.6 Å². The molecule has 0 aromatic heterocycles. The van der Waals surface area contributed by atoms with E-state index in [2.05, 4.69) is 38.3 Å². The summed E-state index contributed by atoms with van der Waals surface area (Å²) in [5.74, 6) is 0.817. The molecule has 0 bridgehead atoms. The third kappa shape index (κ3) is 9.23. The molecule has 0 saturated heterocycles. The van der Waals surface area contributed by atoms with E-state index in [9.17, 15) is 0 Å². The van der Waals surface area contributed by atoms with Crippen molar-refractivity contribution in [1.29, 1.82) is 5.26 Å². The quantitative estimate of drug-likeness (QED) is 0.377. The molecule has 0 atom stereocenters. The summed E-state index contributed by atoms with van der Waals surface area (Å²) >= 11 is 1.29. The number of thiocyanates is 1. The monoisotopic (exact) mass is 195 g/mol. The number of thioether (sulfide) groups is 1. The Morgan fingerprint density at radius 3 is 2.54 bits per heavy atom. The van der Waals surface area contributed by atoms with Crippen LogP contribution in [0.15, 0.2) is 23.3 Å². The maximum absolute atomic E-state index is 8.30. The summed E-state index contributed by atoms with van der Waals surface area (Å²) in [6.07, 6.45) is 6.60. The van der Waals surface area contributed by atoms with E-state index in [4.69, 9.17) is 5.26 Å². The first-order valence-corrected chi connectivity index (χ1v) is 5.45. The number of nitriles is 1. The van der Waals surface area contributed by atoms with Crippen LogP contribution in [-0.2, 0) is 0 Å². The standard InChI is InChI=1S/C11H17NS/c1-10(2)5-4-6-11(3)7-8-13-9-12/h5,7H,4,6,8H2,1-3H3. The molecule has 0 heterocycles. The normalized spacial score (nSPS) is 10.8. The van der Waals surface area contributed by atoms with Gasteiger partial charge in [0.15, 0.2) is 0 Å². The second-order valence-corrected chi connectivity index (χ2v) is 4.08. The number of nitrogens with zero attached hydrogens (tertiary/aromatic N) is 1. The molecular weight excluding hydrogens is 178 g/mol. The first-order valence-electron chi connectivity index (χ1n) is 4.46.